The van der Waals surface area contributed by atoms with Crippen LogP contribution in [0.4, 0.5) is 0 Å². The zero-order valence-corrected chi connectivity index (χ0v) is 18.2. The second-order valence-corrected chi connectivity index (χ2v) is 10.1. The fourth-order valence-electron chi connectivity index (χ4n) is 4.22. The Morgan fingerprint density at radius 2 is 1.70 bits per heavy atom. The zero-order chi connectivity index (χ0) is 21.1. The van der Waals surface area contributed by atoms with Crippen LogP contribution in [-0.4, -0.2) is 43.7 Å². The highest BCUT2D eigenvalue weighted by Gasteiger charge is 2.27. The van der Waals surface area contributed by atoms with Gasteiger partial charge in [-0.1, -0.05) is 49.2 Å². The van der Waals surface area contributed by atoms with Gasteiger partial charge in [0.05, 0.1) is 4.90 Å². The topological polar surface area (TPSA) is 57.7 Å². The molecule has 0 N–H and O–H groups in total. The molecule has 1 aliphatic carbocycles. The zero-order valence-electron chi connectivity index (χ0n) is 17.4. The summed E-state index contributed by atoms with van der Waals surface area (Å²) in [6.45, 7) is 1.72. The first-order valence-electron chi connectivity index (χ1n) is 10.6. The van der Waals surface area contributed by atoms with Crippen molar-refractivity contribution < 1.29 is 13.2 Å². The third kappa shape index (κ3) is 4.35. The monoisotopic (exact) mass is 424 g/mol. The number of benzene rings is 2. The van der Waals surface area contributed by atoms with Crippen LogP contribution in [0, 0.1) is 0 Å². The predicted octanol–water partition coefficient (Wildman–Crippen LogP) is 3.85. The van der Waals surface area contributed by atoms with Crippen molar-refractivity contribution in [3.63, 3.8) is 0 Å². The summed E-state index contributed by atoms with van der Waals surface area (Å²) in [5.74, 6) is -0.0213. The number of hydrogen-bond acceptors (Lipinski definition) is 3. The van der Waals surface area contributed by atoms with Gasteiger partial charge >= 0.3 is 0 Å². The van der Waals surface area contributed by atoms with Crippen LogP contribution in [0.2, 0.25) is 0 Å². The number of nitrogens with zero attached hydrogens (tertiary/aromatic N) is 2. The van der Waals surface area contributed by atoms with E-state index in [0.29, 0.717) is 36.5 Å². The van der Waals surface area contributed by atoms with E-state index < -0.39 is 10.0 Å². The van der Waals surface area contributed by atoms with Crippen LogP contribution >= 0.6 is 0 Å². The van der Waals surface area contributed by atoms with Gasteiger partial charge in [0.2, 0.25) is 15.9 Å². The largest absolute Gasteiger partial charge is 0.338 e. The highest BCUT2D eigenvalue weighted by molar-refractivity contribution is 7.89. The van der Waals surface area contributed by atoms with E-state index in [1.54, 1.807) is 28.4 Å². The van der Waals surface area contributed by atoms with Crippen LogP contribution in [0.25, 0.3) is 6.08 Å². The summed E-state index contributed by atoms with van der Waals surface area (Å²) in [5.41, 5.74) is 3.62. The lowest BCUT2D eigenvalue weighted by molar-refractivity contribution is -0.126. The Labute approximate surface area is 179 Å². The Morgan fingerprint density at radius 1 is 1.00 bits per heavy atom. The van der Waals surface area contributed by atoms with Crippen molar-refractivity contribution in [3.05, 3.63) is 70.8 Å². The van der Waals surface area contributed by atoms with Crippen molar-refractivity contribution in [2.24, 2.45) is 0 Å². The Morgan fingerprint density at radius 3 is 2.40 bits per heavy atom. The number of hydrogen-bond donors (Lipinski definition) is 0. The maximum Gasteiger partial charge on any atom is 0.250 e. The van der Waals surface area contributed by atoms with E-state index in [2.05, 4.69) is 0 Å². The molecule has 0 spiro atoms. The van der Waals surface area contributed by atoms with Gasteiger partial charge in [-0.05, 0) is 47.7 Å². The molecule has 2 aromatic carbocycles. The molecule has 1 heterocycles. The van der Waals surface area contributed by atoms with Gasteiger partial charge in [0, 0.05) is 38.7 Å². The molecule has 1 saturated heterocycles. The van der Waals surface area contributed by atoms with E-state index in [1.807, 2.05) is 42.5 Å². The Balaban J connectivity index is 1.52. The Bertz CT molecular complexity index is 1050. The summed E-state index contributed by atoms with van der Waals surface area (Å²) in [6.07, 6.45) is 6.38. The molecule has 0 unspecified atom stereocenters. The minimum absolute atomic E-state index is 0.0213. The molecule has 2 aromatic rings. The van der Waals surface area contributed by atoms with E-state index in [4.69, 9.17) is 0 Å². The Hall–Kier alpha value is -2.44. The van der Waals surface area contributed by atoms with Crippen molar-refractivity contribution in [1.82, 2.24) is 9.21 Å². The van der Waals surface area contributed by atoms with Gasteiger partial charge in [0.25, 0.3) is 0 Å². The van der Waals surface area contributed by atoms with E-state index in [1.165, 1.54) is 0 Å². The lowest BCUT2D eigenvalue weighted by Gasteiger charge is -2.20. The minimum atomic E-state index is -3.49. The summed E-state index contributed by atoms with van der Waals surface area (Å²) < 4.78 is 27.8. The molecule has 0 saturated carbocycles. The molecule has 0 bridgehead atoms. The molecule has 1 amide bonds. The van der Waals surface area contributed by atoms with E-state index in [-0.39, 0.29) is 5.91 Å². The second-order valence-electron chi connectivity index (χ2n) is 8.17. The summed E-state index contributed by atoms with van der Waals surface area (Å²) in [4.78, 5) is 15.0. The molecule has 0 atom stereocenters. The van der Waals surface area contributed by atoms with E-state index >= 15 is 0 Å². The first-order chi connectivity index (χ1) is 14.4. The molecular formula is C24H28N2O3S. The second kappa shape index (κ2) is 8.74. The summed E-state index contributed by atoms with van der Waals surface area (Å²) >= 11 is 0. The van der Waals surface area contributed by atoms with Crippen LogP contribution in [0.3, 0.4) is 0 Å². The maximum absolute atomic E-state index is 13.1. The number of rotatable bonds is 5. The third-order valence-electron chi connectivity index (χ3n) is 5.91. The molecule has 6 heteroatoms. The SMILES string of the molecule is CN(Cc1ccccc1)C(=O)C1=Cc2cc(S(=O)(=O)N3CCCCCC3)ccc2C1. The molecule has 4 rings (SSSR count). The van der Waals surface area contributed by atoms with Crippen LogP contribution in [0.1, 0.15) is 42.4 Å². The quantitative estimate of drug-likeness (QED) is 0.733. The average molecular weight is 425 g/mol. The van der Waals surface area contributed by atoms with E-state index in [0.717, 1.165) is 42.4 Å². The molecule has 158 valence electrons. The number of amides is 1. The van der Waals surface area contributed by atoms with Crippen LogP contribution < -0.4 is 0 Å². The van der Waals surface area contributed by atoms with Crippen LogP contribution in [0.5, 0.6) is 0 Å². The van der Waals surface area contributed by atoms with Gasteiger partial charge in [-0.2, -0.15) is 4.31 Å². The number of likely N-dealkylation sites (N-methyl/N-ethyl adjacent to an activating group) is 1. The molecule has 2 aliphatic rings. The number of carbonyl (C=O) groups is 1. The predicted molar refractivity (Wildman–Crippen MR) is 118 cm³/mol. The van der Waals surface area contributed by atoms with Gasteiger partial charge in [-0.3, -0.25) is 4.79 Å². The smallest absolute Gasteiger partial charge is 0.250 e. The number of carbonyl (C=O) groups excluding carboxylic acids is 1. The number of fused-ring (bicyclic) bond motifs is 1. The van der Waals surface area contributed by atoms with Gasteiger partial charge in [0.1, 0.15) is 0 Å². The number of sulfonamides is 1. The van der Waals surface area contributed by atoms with Crippen molar-refractivity contribution in [2.45, 2.75) is 43.5 Å². The fourth-order valence-corrected chi connectivity index (χ4v) is 5.77. The lowest BCUT2D eigenvalue weighted by Crippen LogP contribution is -2.31. The highest BCUT2D eigenvalue weighted by Crippen LogP contribution is 2.30. The van der Waals surface area contributed by atoms with Gasteiger partial charge in [0.15, 0.2) is 0 Å². The minimum Gasteiger partial charge on any atom is -0.338 e. The van der Waals surface area contributed by atoms with Gasteiger partial charge < -0.3 is 4.90 Å². The average Bonchev–Trinajstić information content (AvgIpc) is 2.97. The summed E-state index contributed by atoms with van der Waals surface area (Å²) in [7, 11) is -1.69. The molecule has 1 aliphatic heterocycles. The van der Waals surface area contributed by atoms with Gasteiger partial charge in [-0.25, -0.2) is 8.42 Å². The first-order valence-corrected chi connectivity index (χ1v) is 12.0. The summed E-state index contributed by atoms with van der Waals surface area (Å²) in [5, 5.41) is 0. The Kier molecular flexibility index (Phi) is 6.06. The lowest BCUT2D eigenvalue weighted by atomic mass is 10.1. The first kappa shape index (κ1) is 20.8. The van der Waals surface area contributed by atoms with Crippen molar-refractivity contribution in [3.8, 4) is 0 Å². The van der Waals surface area contributed by atoms with Crippen molar-refractivity contribution in [1.29, 1.82) is 0 Å². The highest BCUT2D eigenvalue weighted by atomic mass is 32.2. The molecular weight excluding hydrogens is 396 g/mol. The van der Waals surface area contributed by atoms with Gasteiger partial charge in [-0.15, -0.1) is 0 Å². The molecule has 30 heavy (non-hydrogen) atoms. The summed E-state index contributed by atoms with van der Waals surface area (Å²) in [6, 6.07) is 15.2. The molecule has 0 aromatic heterocycles. The molecule has 0 radical (unpaired) electrons. The van der Waals surface area contributed by atoms with Crippen LogP contribution in [0.15, 0.2) is 59.0 Å². The fraction of sp³-hybridized carbons (Fsp3) is 0.375. The van der Waals surface area contributed by atoms with E-state index in [9.17, 15) is 13.2 Å². The maximum atomic E-state index is 13.1. The molecule has 5 nitrogen and oxygen atoms in total. The third-order valence-corrected chi connectivity index (χ3v) is 7.81. The van der Waals surface area contributed by atoms with Crippen molar-refractivity contribution >= 4 is 22.0 Å². The normalized spacial score (nSPS) is 17.2. The standard InChI is InChI=1S/C24H28N2O3S/c1-25(18-19-9-5-4-6-10-19)24(27)22-15-20-11-12-23(17-21(20)16-22)30(28,29)26-13-7-2-3-8-14-26/h4-6,9-12,16-17H,2-3,7-8,13-15,18H2,1H3. The van der Waals surface area contributed by atoms with Crippen LogP contribution in [-0.2, 0) is 27.8 Å². The molecule has 1 fully saturated rings. The van der Waals surface area contributed by atoms with Crippen molar-refractivity contribution in [2.75, 3.05) is 20.1 Å².